The largest absolute Gasteiger partial charge is 0.310 e. The van der Waals surface area contributed by atoms with Gasteiger partial charge >= 0.3 is 0 Å². The summed E-state index contributed by atoms with van der Waals surface area (Å²) in [6.45, 7) is 0. The molecule has 0 radical (unpaired) electrons. The molecule has 0 fully saturated rings. The Morgan fingerprint density at radius 3 is 1.48 bits per heavy atom. The first-order chi connectivity index (χ1) is 26.8. The molecule has 0 bridgehead atoms. The Balaban J connectivity index is 1.16. The van der Waals surface area contributed by atoms with Gasteiger partial charge in [-0.25, -0.2) is 0 Å². The zero-order valence-electron chi connectivity index (χ0n) is 29.7. The van der Waals surface area contributed by atoms with Gasteiger partial charge in [-0.3, -0.25) is 0 Å². The van der Waals surface area contributed by atoms with E-state index >= 15 is 0 Å². The van der Waals surface area contributed by atoms with Crippen molar-refractivity contribution in [2.75, 3.05) is 4.90 Å². The van der Waals surface area contributed by atoms with Gasteiger partial charge in [0, 0.05) is 33.5 Å². The van der Waals surface area contributed by atoms with Gasteiger partial charge in [-0.15, -0.1) is 0 Å². The Bertz CT molecular complexity index is 2910. The van der Waals surface area contributed by atoms with Gasteiger partial charge in [0.05, 0.1) is 11.0 Å². The summed E-state index contributed by atoms with van der Waals surface area (Å²) in [4.78, 5) is 2.39. The molecule has 10 rings (SSSR count). The summed E-state index contributed by atoms with van der Waals surface area (Å²) in [6, 6.07) is 78.9. The predicted molar refractivity (Wildman–Crippen MR) is 229 cm³/mol. The number of hydrogen-bond donors (Lipinski definition) is 0. The average Bonchev–Trinajstić information content (AvgIpc) is 3.58. The third-order valence-electron chi connectivity index (χ3n) is 10.6. The number of rotatable bonds is 7. The van der Waals surface area contributed by atoms with E-state index in [0.717, 1.165) is 28.3 Å². The fraction of sp³-hybridized carbons (Fsp3) is 0. The van der Waals surface area contributed by atoms with Gasteiger partial charge in [0.15, 0.2) is 0 Å². The second-order valence-corrected chi connectivity index (χ2v) is 13.8. The minimum atomic E-state index is 1.09. The van der Waals surface area contributed by atoms with E-state index in [2.05, 4.69) is 228 Å². The third kappa shape index (κ3) is 5.71. The van der Waals surface area contributed by atoms with Gasteiger partial charge in [-0.1, -0.05) is 158 Å². The quantitative estimate of drug-likeness (QED) is 0.162. The summed E-state index contributed by atoms with van der Waals surface area (Å²) in [5, 5.41) is 4.96. The van der Waals surface area contributed by atoms with E-state index in [1.165, 1.54) is 60.4 Å². The zero-order valence-corrected chi connectivity index (χ0v) is 29.7. The molecule has 10 aromatic rings. The van der Waals surface area contributed by atoms with Crippen LogP contribution in [0.4, 0.5) is 17.1 Å². The average molecular weight is 689 g/mol. The van der Waals surface area contributed by atoms with Gasteiger partial charge < -0.3 is 9.47 Å². The summed E-state index contributed by atoms with van der Waals surface area (Å²) in [5.41, 5.74) is 14.0. The number of fused-ring (bicyclic) bond motifs is 4. The Morgan fingerprint density at radius 1 is 0.278 bits per heavy atom. The number of anilines is 3. The highest BCUT2D eigenvalue weighted by Gasteiger charge is 2.19. The van der Waals surface area contributed by atoms with Gasteiger partial charge in [0.25, 0.3) is 0 Å². The summed E-state index contributed by atoms with van der Waals surface area (Å²) >= 11 is 0. The summed E-state index contributed by atoms with van der Waals surface area (Å²) in [5.74, 6) is 0. The van der Waals surface area contributed by atoms with Crippen molar-refractivity contribution in [2.24, 2.45) is 0 Å². The highest BCUT2D eigenvalue weighted by Crippen LogP contribution is 2.42. The predicted octanol–water partition coefficient (Wildman–Crippen LogP) is 14.4. The maximum atomic E-state index is 2.42. The van der Waals surface area contributed by atoms with Crippen molar-refractivity contribution in [3.05, 3.63) is 218 Å². The van der Waals surface area contributed by atoms with Crippen LogP contribution >= 0.6 is 0 Å². The lowest BCUT2D eigenvalue weighted by atomic mass is 10.0. The number of aromatic nitrogens is 1. The maximum Gasteiger partial charge on any atom is 0.0561 e. The molecule has 0 N–H and O–H groups in total. The summed E-state index contributed by atoms with van der Waals surface area (Å²) in [6.07, 6.45) is 0. The molecule has 254 valence electrons. The maximum absolute atomic E-state index is 2.42. The lowest BCUT2D eigenvalue weighted by Crippen LogP contribution is -2.10. The molecule has 0 unspecified atom stereocenters. The van der Waals surface area contributed by atoms with Crippen molar-refractivity contribution in [3.63, 3.8) is 0 Å². The molecule has 0 spiro atoms. The highest BCUT2D eigenvalue weighted by atomic mass is 15.1. The van der Waals surface area contributed by atoms with Gasteiger partial charge in [-0.2, -0.15) is 0 Å². The lowest BCUT2D eigenvalue weighted by Gasteiger charge is -2.26. The van der Waals surface area contributed by atoms with Crippen molar-refractivity contribution < 1.29 is 0 Å². The molecule has 1 heterocycles. The molecular formula is C52H36N2. The molecule has 0 saturated heterocycles. The van der Waals surface area contributed by atoms with Crippen molar-refractivity contribution in [1.29, 1.82) is 0 Å². The van der Waals surface area contributed by atoms with E-state index in [4.69, 9.17) is 0 Å². The van der Waals surface area contributed by atoms with Gasteiger partial charge in [0.1, 0.15) is 0 Å². The minimum Gasteiger partial charge on any atom is -0.310 e. The number of para-hydroxylation sites is 1. The van der Waals surface area contributed by atoms with Gasteiger partial charge in [-0.05, 0) is 105 Å². The molecule has 1 aromatic heterocycles. The number of hydrogen-bond acceptors (Lipinski definition) is 1. The van der Waals surface area contributed by atoms with E-state index in [1.807, 2.05) is 0 Å². The van der Waals surface area contributed by atoms with Crippen LogP contribution in [0.1, 0.15) is 0 Å². The second kappa shape index (κ2) is 13.4. The molecule has 0 atom stereocenters. The summed E-state index contributed by atoms with van der Waals surface area (Å²) in [7, 11) is 0. The topological polar surface area (TPSA) is 8.17 Å². The van der Waals surface area contributed by atoms with E-state index in [9.17, 15) is 0 Å². The Kier molecular flexibility index (Phi) is 7.85. The van der Waals surface area contributed by atoms with Crippen molar-refractivity contribution >= 4 is 49.6 Å². The standard InChI is InChI=1S/C52H36N2/c1-4-13-37(14-5-1)42-19-12-22-47(34-42)53(46-28-25-40(26-29-46)43-24-23-39-17-10-11-18-41(39)33-43)48-30-32-50-49-31-27-44(38-15-6-2-7-16-38)35-51(49)54(52(50)36-48)45-20-8-3-9-21-45/h1-36H. The SMILES string of the molecule is c1ccc(-c2cccc(N(c3ccc(-c4ccc5ccccc5c4)cc3)c3ccc4c5ccc(-c6ccccc6)cc5n(-c5ccccc5)c4c3)c2)cc1. The van der Waals surface area contributed by atoms with Crippen LogP contribution in [0.2, 0.25) is 0 Å². The van der Waals surface area contributed by atoms with Crippen molar-refractivity contribution in [1.82, 2.24) is 4.57 Å². The van der Waals surface area contributed by atoms with E-state index < -0.39 is 0 Å². The van der Waals surface area contributed by atoms with E-state index in [1.54, 1.807) is 0 Å². The number of nitrogens with zero attached hydrogens (tertiary/aromatic N) is 2. The highest BCUT2D eigenvalue weighted by molar-refractivity contribution is 6.11. The van der Waals surface area contributed by atoms with E-state index in [-0.39, 0.29) is 0 Å². The summed E-state index contributed by atoms with van der Waals surface area (Å²) < 4.78 is 2.42. The first kappa shape index (κ1) is 31.6. The monoisotopic (exact) mass is 688 g/mol. The van der Waals surface area contributed by atoms with Crippen molar-refractivity contribution in [2.45, 2.75) is 0 Å². The van der Waals surface area contributed by atoms with Crippen molar-refractivity contribution in [3.8, 4) is 39.1 Å². The van der Waals surface area contributed by atoms with Gasteiger partial charge in [0.2, 0.25) is 0 Å². The fourth-order valence-electron chi connectivity index (χ4n) is 7.89. The van der Waals surface area contributed by atoms with Crippen LogP contribution in [0.15, 0.2) is 218 Å². The molecule has 2 heteroatoms. The normalized spacial score (nSPS) is 11.3. The number of benzene rings is 9. The molecule has 0 aliphatic rings. The molecule has 0 amide bonds. The third-order valence-corrected chi connectivity index (χ3v) is 10.6. The second-order valence-electron chi connectivity index (χ2n) is 13.8. The van der Waals surface area contributed by atoms with Crippen LogP contribution in [-0.2, 0) is 0 Å². The Morgan fingerprint density at radius 2 is 0.759 bits per heavy atom. The van der Waals surface area contributed by atoms with Crippen LogP contribution in [0.5, 0.6) is 0 Å². The Labute approximate surface area is 315 Å². The van der Waals surface area contributed by atoms with Crippen LogP contribution in [0.3, 0.4) is 0 Å². The van der Waals surface area contributed by atoms with Crippen LogP contribution in [-0.4, -0.2) is 4.57 Å². The molecule has 54 heavy (non-hydrogen) atoms. The molecule has 0 aliphatic carbocycles. The Hall–Kier alpha value is -7.16. The minimum absolute atomic E-state index is 1.09. The molecule has 0 saturated carbocycles. The first-order valence-corrected chi connectivity index (χ1v) is 18.5. The lowest BCUT2D eigenvalue weighted by molar-refractivity contribution is 1.18. The van der Waals surface area contributed by atoms with Crippen LogP contribution in [0.25, 0.3) is 71.6 Å². The molecular weight excluding hydrogens is 653 g/mol. The molecule has 9 aromatic carbocycles. The van der Waals surface area contributed by atoms with Crippen LogP contribution in [0, 0.1) is 0 Å². The smallest absolute Gasteiger partial charge is 0.0561 e. The first-order valence-electron chi connectivity index (χ1n) is 18.5. The van der Waals surface area contributed by atoms with E-state index in [0.29, 0.717) is 0 Å². The molecule has 2 nitrogen and oxygen atoms in total. The zero-order chi connectivity index (χ0) is 35.8. The molecule has 0 aliphatic heterocycles. The fourth-order valence-corrected chi connectivity index (χ4v) is 7.89. The van der Waals surface area contributed by atoms with Crippen LogP contribution < -0.4 is 4.90 Å².